The lowest BCUT2D eigenvalue weighted by molar-refractivity contribution is 0.628. The van der Waals surface area contributed by atoms with Gasteiger partial charge >= 0.3 is 0 Å². The molecule has 0 aliphatic heterocycles. The summed E-state index contributed by atoms with van der Waals surface area (Å²) in [7, 11) is 0. The Kier molecular flexibility index (Phi) is 2.98. The molecule has 0 atom stereocenters. The average molecular weight is 200 g/mol. The molecule has 0 aromatic heterocycles. The molecule has 2 rings (SSSR count). The molecule has 0 unspecified atom stereocenters. The number of hydrogen-bond donors (Lipinski definition) is 1. The van der Waals surface area contributed by atoms with Crippen molar-refractivity contribution in [2.75, 3.05) is 5.32 Å². The van der Waals surface area contributed by atoms with E-state index in [0.717, 1.165) is 5.56 Å². The van der Waals surface area contributed by atoms with Crippen LogP contribution in [0, 0.1) is 11.9 Å². The highest BCUT2D eigenvalue weighted by Gasteiger charge is 1.99. The fourth-order valence-electron chi connectivity index (χ4n) is 1.35. The van der Waals surface area contributed by atoms with E-state index in [4.69, 9.17) is 0 Å². The molecule has 1 nitrogen and oxygen atoms in total. The van der Waals surface area contributed by atoms with E-state index in [2.05, 4.69) is 11.4 Å². The molecule has 0 spiro atoms. The lowest BCUT2D eigenvalue weighted by Crippen LogP contribution is -2.00. The summed E-state index contributed by atoms with van der Waals surface area (Å²) in [5, 5.41) is 3.02. The first-order valence-electron chi connectivity index (χ1n) is 4.80. The molecule has 0 fully saturated rings. The fourth-order valence-corrected chi connectivity index (χ4v) is 1.35. The van der Waals surface area contributed by atoms with Crippen molar-refractivity contribution in [3.05, 3.63) is 66.0 Å². The summed E-state index contributed by atoms with van der Waals surface area (Å²) in [5.41, 5.74) is 1.61. The van der Waals surface area contributed by atoms with Crippen LogP contribution in [0.15, 0.2) is 48.5 Å². The third-order valence-electron chi connectivity index (χ3n) is 2.13. The Morgan fingerprint density at radius 1 is 1.07 bits per heavy atom. The van der Waals surface area contributed by atoms with Crippen LogP contribution in [0.1, 0.15) is 5.56 Å². The van der Waals surface area contributed by atoms with E-state index in [9.17, 15) is 4.39 Å². The number of anilines is 1. The predicted octanol–water partition coefficient (Wildman–Crippen LogP) is 3.24. The highest BCUT2D eigenvalue weighted by atomic mass is 19.1. The van der Waals surface area contributed by atoms with Crippen molar-refractivity contribution < 1.29 is 4.39 Å². The van der Waals surface area contributed by atoms with Crippen molar-refractivity contribution in [2.45, 2.75) is 6.54 Å². The number of halogens is 1. The largest absolute Gasteiger partial charge is 0.379 e. The van der Waals surface area contributed by atoms with Gasteiger partial charge in [0.25, 0.3) is 0 Å². The van der Waals surface area contributed by atoms with Gasteiger partial charge in [-0.2, -0.15) is 0 Å². The molecule has 2 aromatic rings. The summed E-state index contributed by atoms with van der Waals surface area (Å²) in [5.74, 6) is -0.339. The summed E-state index contributed by atoms with van der Waals surface area (Å²) in [6.07, 6.45) is 0. The Morgan fingerprint density at radius 2 is 1.87 bits per heavy atom. The molecule has 1 radical (unpaired) electrons. The smallest absolute Gasteiger partial charge is 0.154 e. The van der Waals surface area contributed by atoms with E-state index < -0.39 is 0 Å². The maximum absolute atomic E-state index is 13.2. The maximum atomic E-state index is 13.2. The molecule has 0 aliphatic rings. The molecule has 0 amide bonds. The van der Waals surface area contributed by atoms with Crippen molar-refractivity contribution in [1.82, 2.24) is 0 Å². The van der Waals surface area contributed by atoms with Crippen LogP contribution in [0.5, 0.6) is 0 Å². The van der Waals surface area contributed by atoms with Gasteiger partial charge in [-0.15, -0.1) is 0 Å². The van der Waals surface area contributed by atoms with Crippen LogP contribution in [0.2, 0.25) is 0 Å². The summed E-state index contributed by atoms with van der Waals surface area (Å²) in [6.45, 7) is 0.621. The third-order valence-corrected chi connectivity index (χ3v) is 2.13. The second-order valence-electron chi connectivity index (χ2n) is 3.24. The van der Waals surface area contributed by atoms with Gasteiger partial charge < -0.3 is 5.32 Å². The van der Waals surface area contributed by atoms with Crippen molar-refractivity contribution >= 4 is 5.69 Å². The molecular weight excluding hydrogens is 189 g/mol. The number of nitrogens with one attached hydrogen (secondary N) is 1. The molecule has 0 saturated carbocycles. The standard InChI is InChI=1S/C13H11FN/c14-12-8-4-5-9-13(12)15-10-11-6-2-1-3-7-11/h1-7,9,15H,10H2. The van der Waals surface area contributed by atoms with E-state index >= 15 is 0 Å². The molecule has 1 N–H and O–H groups in total. The van der Waals surface area contributed by atoms with Gasteiger partial charge in [-0.1, -0.05) is 42.5 Å². The number of hydrogen-bond acceptors (Lipinski definition) is 1. The highest BCUT2D eigenvalue weighted by Crippen LogP contribution is 2.13. The molecule has 2 heteroatoms. The fraction of sp³-hybridized carbons (Fsp3) is 0.0769. The molecule has 0 heterocycles. The lowest BCUT2D eigenvalue weighted by Gasteiger charge is -2.06. The van der Waals surface area contributed by atoms with Crippen LogP contribution in [0.25, 0.3) is 0 Å². The van der Waals surface area contributed by atoms with Crippen LogP contribution in [-0.2, 0) is 6.54 Å². The summed E-state index contributed by atoms with van der Waals surface area (Å²) in [4.78, 5) is 0. The van der Waals surface area contributed by atoms with Gasteiger partial charge in [-0.05, 0) is 11.6 Å². The van der Waals surface area contributed by atoms with E-state index in [1.807, 2.05) is 30.3 Å². The van der Waals surface area contributed by atoms with E-state index in [1.54, 1.807) is 18.2 Å². The van der Waals surface area contributed by atoms with Gasteiger partial charge in [0.1, 0.15) is 0 Å². The van der Waals surface area contributed by atoms with Gasteiger partial charge in [0.05, 0.1) is 5.69 Å². The van der Waals surface area contributed by atoms with Gasteiger partial charge in [0.15, 0.2) is 5.82 Å². The van der Waals surface area contributed by atoms with Gasteiger partial charge in [-0.25, -0.2) is 4.39 Å². The highest BCUT2D eigenvalue weighted by molar-refractivity contribution is 5.44. The summed E-state index contributed by atoms with van der Waals surface area (Å²) >= 11 is 0. The Hall–Kier alpha value is -1.83. The third kappa shape index (κ3) is 2.56. The van der Waals surface area contributed by atoms with E-state index in [1.165, 1.54) is 0 Å². The van der Waals surface area contributed by atoms with Crippen LogP contribution in [0.4, 0.5) is 10.1 Å². The number of rotatable bonds is 3. The second kappa shape index (κ2) is 4.60. The first-order chi connectivity index (χ1) is 7.36. The molecular formula is C13H11FN. The first-order valence-corrected chi connectivity index (χ1v) is 4.80. The molecule has 2 aromatic carbocycles. The lowest BCUT2D eigenvalue weighted by atomic mass is 10.2. The predicted molar refractivity (Wildman–Crippen MR) is 59.0 cm³/mol. The Balaban J connectivity index is 2.03. The van der Waals surface area contributed by atoms with Crippen LogP contribution in [0.3, 0.4) is 0 Å². The molecule has 0 aliphatic carbocycles. The van der Waals surface area contributed by atoms with Crippen molar-refractivity contribution in [1.29, 1.82) is 0 Å². The molecule has 0 bridgehead atoms. The minimum absolute atomic E-state index is 0.339. The molecule has 15 heavy (non-hydrogen) atoms. The average Bonchev–Trinajstić information content (AvgIpc) is 2.29. The van der Waals surface area contributed by atoms with Gasteiger partial charge in [0, 0.05) is 12.6 Å². The minimum Gasteiger partial charge on any atom is -0.379 e. The van der Waals surface area contributed by atoms with Gasteiger partial charge in [0.2, 0.25) is 0 Å². The monoisotopic (exact) mass is 200 g/mol. The summed E-state index contributed by atoms with van der Waals surface area (Å²) < 4.78 is 13.2. The normalized spacial score (nSPS) is 9.93. The van der Waals surface area contributed by atoms with E-state index in [0.29, 0.717) is 12.2 Å². The van der Waals surface area contributed by atoms with Crippen LogP contribution < -0.4 is 5.32 Å². The zero-order valence-corrected chi connectivity index (χ0v) is 8.20. The molecule has 0 saturated heterocycles. The van der Waals surface area contributed by atoms with E-state index in [-0.39, 0.29) is 5.82 Å². The Labute approximate surface area is 88.6 Å². The van der Waals surface area contributed by atoms with Gasteiger partial charge in [-0.3, -0.25) is 0 Å². The van der Waals surface area contributed by atoms with Crippen molar-refractivity contribution in [2.24, 2.45) is 0 Å². The molecule has 75 valence electrons. The Morgan fingerprint density at radius 3 is 2.60 bits per heavy atom. The van der Waals surface area contributed by atoms with Crippen LogP contribution >= 0.6 is 0 Å². The van der Waals surface area contributed by atoms with Crippen molar-refractivity contribution in [3.8, 4) is 0 Å². The SMILES string of the molecule is Fc1[c]cccc1NCc1ccccc1. The first kappa shape index (κ1) is 9.71. The van der Waals surface area contributed by atoms with Crippen molar-refractivity contribution in [3.63, 3.8) is 0 Å². The zero-order chi connectivity index (χ0) is 10.5. The minimum atomic E-state index is -0.339. The summed E-state index contributed by atoms with van der Waals surface area (Å²) in [6, 6.07) is 17.4. The quantitative estimate of drug-likeness (QED) is 0.802. The van der Waals surface area contributed by atoms with Crippen LogP contribution in [-0.4, -0.2) is 0 Å². The maximum Gasteiger partial charge on any atom is 0.154 e. The topological polar surface area (TPSA) is 12.0 Å². The Bertz CT molecular complexity index is 426. The second-order valence-corrected chi connectivity index (χ2v) is 3.24. The zero-order valence-electron chi connectivity index (χ0n) is 8.20. The number of benzene rings is 2.